The van der Waals surface area contributed by atoms with E-state index in [1.165, 1.54) is 0 Å². The molecule has 0 bridgehead atoms. The summed E-state index contributed by atoms with van der Waals surface area (Å²) in [5.74, 6) is 0. The minimum absolute atomic E-state index is 0. The first kappa shape index (κ1) is 18.1. The van der Waals surface area contributed by atoms with E-state index in [0.29, 0.717) is 0 Å². The first-order valence-corrected chi connectivity index (χ1v) is 4.19. The van der Waals surface area contributed by atoms with Gasteiger partial charge >= 0.3 is 66.3 Å². The van der Waals surface area contributed by atoms with Gasteiger partial charge in [-0.3, -0.25) is 18.2 Å². The monoisotopic (exact) mass is 286 g/mol. The van der Waals surface area contributed by atoms with Crippen molar-refractivity contribution in [3.63, 3.8) is 0 Å². The molecule has 0 aromatic rings. The average molecular weight is 286 g/mol. The third-order valence-electron chi connectivity index (χ3n) is 0. The summed E-state index contributed by atoms with van der Waals surface area (Å²) in [6, 6.07) is 0. The molecule has 8 nitrogen and oxygen atoms in total. The summed E-state index contributed by atoms with van der Waals surface area (Å²) in [6.45, 7) is 0. The van der Waals surface area contributed by atoms with Crippen LogP contribution in [0.1, 0.15) is 0 Å². The van der Waals surface area contributed by atoms with Crippen molar-refractivity contribution in [1.29, 1.82) is 0 Å². The van der Waals surface area contributed by atoms with E-state index in [2.05, 4.69) is 0 Å². The van der Waals surface area contributed by atoms with Crippen LogP contribution in [0.25, 0.3) is 0 Å². The first-order valence-electron chi connectivity index (χ1n) is 1.40. The van der Waals surface area contributed by atoms with Crippen LogP contribution in [0.5, 0.6) is 0 Å². The van der Waals surface area contributed by atoms with Crippen LogP contribution in [0.3, 0.4) is 0 Å². The van der Waals surface area contributed by atoms with Crippen molar-refractivity contribution >= 4 is 66.3 Å². The molecule has 0 spiro atoms. The fourth-order valence-electron chi connectivity index (χ4n) is 0. The third kappa shape index (κ3) is 640. The van der Waals surface area contributed by atoms with Gasteiger partial charge in [-0.05, 0) is 0 Å². The second kappa shape index (κ2) is 6.71. The molecule has 0 rings (SSSR count). The summed E-state index contributed by atoms with van der Waals surface area (Å²) in [5, 5.41) is 0. The third-order valence-corrected chi connectivity index (χ3v) is 0. The van der Waals surface area contributed by atoms with Crippen LogP contribution in [0, 0.1) is 0 Å². The van der Waals surface area contributed by atoms with Gasteiger partial charge in [-0.1, -0.05) is 0 Å². The first-order chi connectivity index (χ1) is 4.00. The van der Waals surface area contributed by atoms with Crippen molar-refractivity contribution in [2.45, 2.75) is 0 Å². The molecule has 0 aliphatic rings. The topological polar surface area (TPSA) is 149 Å². The van der Waals surface area contributed by atoms with Crippen LogP contribution < -0.4 is 0 Å². The molecule has 0 aliphatic carbocycles. The summed E-state index contributed by atoms with van der Waals surface area (Å²) in [6.07, 6.45) is 0. The van der Waals surface area contributed by atoms with Crippen LogP contribution in [0.4, 0.5) is 0 Å². The summed E-state index contributed by atoms with van der Waals surface area (Å²) < 4.78 is 63.2. The van der Waals surface area contributed by atoms with Gasteiger partial charge < -0.3 is 0 Å². The zero-order valence-electron chi connectivity index (χ0n) is 4.24. The van der Waals surface area contributed by atoms with Gasteiger partial charge in [0.2, 0.25) is 0 Å². The Hall–Kier alpha value is 1.22. The molecule has 4 N–H and O–H groups in total. The van der Waals surface area contributed by atoms with Crippen molar-refractivity contribution < 1.29 is 35.0 Å². The van der Waals surface area contributed by atoms with E-state index in [1.807, 2.05) is 0 Å². The molecule has 0 unspecified atom stereocenters. The Labute approximate surface area is 100 Å². The Morgan fingerprint density at radius 1 is 0.636 bits per heavy atom. The zero-order valence-corrected chi connectivity index (χ0v) is 5.87. The fourth-order valence-corrected chi connectivity index (χ4v) is 0. The van der Waals surface area contributed by atoms with Gasteiger partial charge in [0, 0.05) is 0 Å². The maximum absolute atomic E-state index is 8.74. The zero-order chi connectivity index (χ0) is 9.00. The van der Waals surface area contributed by atoms with E-state index in [-0.39, 0.29) is 45.5 Å². The molecule has 0 radical (unpaired) electrons. The van der Waals surface area contributed by atoms with Crippen LogP contribution in [-0.2, 0) is 20.8 Å². The molecule has 0 amide bonds. The van der Waals surface area contributed by atoms with Gasteiger partial charge in [0.1, 0.15) is 0 Å². The fraction of sp³-hybridized carbons (Fsp3) is 0. The Balaban J connectivity index is -0.000000107. The average Bonchev–Trinajstić information content (AvgIpc) is 1.12. The van der Waals surface area contributed by atoms with E-state index >= 15 is 0 Å². The van der Waals surface area contributed by atoms with E-state index < -0.39 is 20.8 Å². The molecule has 0 aromatic heterocycles. The summed E-state index contributed by atoms with van der Waals surface area (Å²) in [7, 11) is -9.33. The van der Waals surface area contributed by atoms with Gasteiger partial charge in [0.15, 0.2) is 0 Å². The molecule has 11 heavy (non-hydrogen) atoms. The van der Waals surface area contributed by atoms with Gasteiger partial charge in [-0.15, -0.1) is 0 Å². The van der Waals surface area contributed by atoms with Gasteiger partial charge in [0.05, 0.1) is 0 Å². The van der Waals surface area contributed by atoms with Crippen molar-refractivity contribution in [1.82, 2.24) is 0 Å². The molecular formula is H6O8S2Sr. The number of rotatable bonds is 0. The molecule has 0 aromatic carbocycles. The molecule has 68 valence electrons. The molecule has 0 heterocycles. The molecule has 0 atom stereocenters. The second-order valence-corrected chi connectivity index (χ2v) is 2.69. The molecule has 0 aliphatic heterocycles. The molecule has 11 heteroatoms. The second-order valence-electron chi connectivity index (χ2n) is 0.896. The quantitative estimate of drug-likeness (QED) is 0.289. The van der Waals surface area contributed by atoms with Gasteiger partial charge in [0.25, 0.3) is 0 Å². The predicted octanol–water partition coefficient (Wildman–Crippen LogP) is -2.22. The Kier molecular flexibility index (Phi) is 11.0. The Morgan fingerprint density at radius 3 is 0.636 bits per heavy atom. The Bertz CT molecular complexity index is 208. The van der Waals surface area contributed by atoms with Gasteiger partial charge in [-0.25, -0.2) is 0 Å². The van der Waals surface area contributed by atoms with E-state index in [1.54, 1.807) is 0 Å². The van der Waals surface area contributed by atoms with Gasteiger partial charge in [-0.2, -0.15) is 16.8 Å². The summed E-state index contributed by atoms with van der Waals surface area (Å²) in [4.78, 5) is 0. The standard InChI is InChI=1S/2H2O4S.Sr.2H/c2*1-5(2,3)4;;;/h2*(H2,1,2,3,4);;;. The van der Waals surface area contributed by atoms with Crippen LogP contribution in [-0.4, -0.2) is 80.5 Å². The molecule has 0 saturated heterocycles. The van der Waals surface area contributed by atoms with E-state index in [9.17, 15) is 0 Å². The van der Waals surface area contributed by atoms with E-state index in [0.717, 1.165) is 0 Å². The Morgan fingerprint density at radius 2 is 0.636 bits per heavy atom. The van der Waals surface area contributed by atoms with Crippen molar-refractivity contribution in [3.05, 3.63) is 0 Å². The van der Waals surface area contributed by atoms with Crippen LogP contribution in [0.15, 0.2) is 0 Å². The molecular weight excluding hydrogens is 280 g/mol. The number of hydrogen-bond donors (Lipinski definition) is 4. The van der Waals surface area contributed by atoms with Crippen molar-refractivity contribution in [2.24, 2.45) is 0 Å². The summed E-state index contributed by atoms with van der Waals surface area (Å²) >= 11 is 0. The molecule has 0 saturated carbocycles. The maximum atomic E-state index is 8.74. The predicted molar refractivity (Wildman–Crippen MR) is 36.9 cm³/mol. The van der Waals surface area contributed by atoms with Crippen molar-refractivity contribution in [2.75, 3.05) is 0 Å². The summed E-state index contributed by atoms with van der Waals surface area (Å²) in [5.41, 5.74) is 0. The van der Waals surface area contributed by atoms with E-state index in [4.69, 9.17) is 35.0 Å². The van der Waals surface area contributed by atoms with Crippen LogP contribution >= 0.6 is 0 Å². The molecule has 0 fully saturated rings. The normalized spacial score (nSPS) is 10.5. The minimum atomic E-state index is -4.67. The number of hydrogen-bond acceptors (Lipinski definition) is 4. The van der Waals surface area contributed by atoms with Crippen molar-refractivity contribution in [3.8, 4) is 0 Å². The van der Waals surface area contributed by atoms with Crippen LogP contribution in [0.2, 0.25) is 0 Å². The SMILES string of the molecule is O=S(=O)(O)O.O=S(=O)(O)O.[SrH2].